The molecule has 3 rings (SSSR count). The first-order valence-electron chi connectivity index (χ1n) is 7.54. The number of rotatable bonds is 7. The van der Waals surface area contributed by atoms with Crippen molar-refractivity contribution in [3.05, 3.63) is 58.4 Å². The van der Waals surface area contributed by atoms with Gasteiger partial charge in [-0.15, -0.1) is 10.2 Å². The van der Waals surface area contributed by atoms with Gasteiger partial charge in [0.2, 0.25) is 15.2 Å². The summed E-state index contributed by atoms with van der Waals surface area (Å²) in [6.07, 6.45) is 0. The summed E-state index contributed by atoms with van der Waals surface area (Å²) in [4.78, 5) is 10.7. The maximum atomic E-state index is 13.2. The van der Waals surface area contributed by atoms with Gasteiger partial charge in [-0.1, -0.05) is 17.4 Å². The molecule has 0 aliphatic heterocycles. The molecule has 0 aliphatic rings. The Hall–Kier alpha value is -2.61. The molecule has 13 heteroatoms. The first-order valence-corrected chi connectivity index (χ1v) is 10.7. The van der Waals surface area contributed by atoms with Crippen LogP contribution >= 0.6 is 23.1 Å². The predicted octanol–water partition coefficient (Wildman–Crippen LogP) is 3.39. The first kappa shape index (κ1) is 20.1. The summed E-state index contributed by atoms with van der Waals surface area (Å²) in [5, 5.41) is 22.5. The normalized spacial score (nSPS) is 11.4. The molecule has 0 aliphatic carbocycles. The van der Waals surface area contributed by atoms with Gasteiger partial charge in [0.15, 0.2) is 4.34 Å². The lowest BCUT2D eigenvalue weighted by molar-refractivity contribution is -0.388. The number of nitrogens with zero attached hydrogens (tertiary/aromatic N) is 3. The van der Waals surface area contributed by atoms with Crippen molar-refractivity contribution in [3.8, 4) is 0 Å². The third kappa shape index (κ3) is 4.62. The van der Waals surface area contributed by atoms with Gasteiger partial charge in [-0.05, 0) is 49.1 Å². The van der Waals surface area contributed by atoms with Crippen LogP contribution in [0.3, 0.4) is 0 Å². The largest absolute Gasteiger partial charge is 0.330 e. The summed E-state index contributed by atoms with van der Waals surface area (Å²) in [5.74, 6) is -0.406. The van der Waals surface area contributed by atoms with Gasteiger partial charge in [0, 0.05) is 11.8 Å². The number of anilines is 2. The molecule has 0 fully saturated rings. The van der Waals surface area contributed by atoms with Crippen LogP contribution in [0, 0.1) is 15.9 Å². The van der Waals surface area contributed by atoms with E-state index in [0.29, 0.717) is 15.2 Å². The van der Waals surface area contributed by atoms with Crippen molar-refractivity contribution >= 4 is 49.6 Å². The van der Waals surface area contributed by atoms with Crippen molar-refractivity contribution in [2.45, 2.75) is 14.1 Å². The highest BCUT2D eigenvalue weighted by molar-refractivity contribution is 8.01. The molecule has 0 saturated heterocycles. The van der Waals surface area contributed by atoms with E-state index in [2.05, 4.69) is 20.2 Å². The van der Waals surface area contributed by atoms with E-state index in [1.54, 1.807) is 12.1 Å². The van der Waals surface area contributed by atoms with E-state index in [4.69, 9.17) is 0 Å². The standard InChI is InChI=1S/C15H12FN5O4S3/c1-17-28(24,25)11-5-6-13(12(8-11)21(22)23)26-15-20-19-14(27-15)18-10-4-2-3-9(16)7-10/h2-8,17H,1H3,(H,18,19). The number of sulfonamides is 1. The third-order valence-corrected chi connectivity index (χ3v) is 6.75. The van der Waals surface area contributed by atoms with Crippen LogP contribution in [-0.2, 0) is 10.0 Å². The molecule has 0 unspecified atom stereocenters. The van der Waals surface area contributed by atoms with E-state index in [-0.39, 0.29) is 15.5 Å². The third-order valence-electron chi connectivity index (χ3n) is 3.39. The lowest BCUT2D eigenvalue weighted by Crippen LogP contribution is -2.18. The highest BCUT2D eigenvalue weighted by atomic mass is 32.2. The van der Waals surface area contributed by atoms with Crippen molar-refractivity contribution in [1.82, 2.24) is 14.9 Å². The quantitative estimate of drug-likeness (QED) is 0.422. The zero-order valence-electron chi connectivity index (χ0n) is 14.1. The lowest BCUT2D eigenvalue weighted by atomic mass is 10.3. The van der Waals surface area contributed by atoms with Crippen LogP contribution in [0.1, 0.15) is 0 Å². The Morgan fingerprint density at radius 3 is 2.68 bits per heavy atom. The Bertz CT molecular complexity index is 1140. The number of benzene rings is 2. The summed E-state index contributed by atoms with van der Waals surface area (Å²) < 4.78 is 39.4. The van der Waals surface area contributed by atoms with Gasteiger partial charge in [0.25, 0.3) is 5.69 Å². The molecule has 0 amide bonds. The molecule has 28 heavy (non-hydrogen) atoms. The molecule has 1 heterocycles. The molecule has 0 radical (unpaired) electrons. The fourth-order valence-electron chi connectivity index (χ4n) is 2.10. The molecular formula is C15H12FN5O4S3. The molecule has 2 aromatic carbocycles. The monoisotopic (exact) mass is 441 g/mol. The molecule has 0 spiro atoms. The fraction of sp³-hybridized carbons (Fsp3) is 0.0667. The summed E-state index contributed by atoms with van der Waals surface area (Å²) in [5.41, 5.74) is 0.122. The van der Waals surface area contributed by atoms with E-state index >= 15 is 0 Å². The van der Waals surface area contributed by atoms with Crippen molar-refractivity contribution in [3.63, 3.8) is 0 Å². The van der Waals surface area contributed by atoms with Gasteiger partial charge in [-0.3, -0.25) is 10.1 Å². The molecule has 0 bridgehead atoms. The summed E-state index contributed by atoms with van der Waals surface area (Å²) >= 11 is 2.10. The minimum absolute atomic E-state index is 0.211. The van der Waals surface area contributed by atoms with Crippen molar-refractivity contribution in [1.29, 1.82) is 0 Å². The van der Waals surface area contributed by atoms with E-state index in [9.17, 15) is 22.9 Å². The topological polar surface area (TPSA) is 127 Å². The average Bonchev–Trinajstić information content (AvgIpc) is 3.08. The Morgan fingerprint density at radius 1 is 1.21 bits per heavy atom. The van der Waals surface area contributed by atoms with Crippen molar-refractivity contribution < 1.29 is 17.7 Å². The van der Waals surface area contributed by atoms with E-state index in [0.717, 1.165) is 29.2 Å². The molecule has 0 atom stereocenters. The summed E-state index contributed by atoms with van der Waals surface area (Å²) in [7, 11) is -2.59. The summed E-state index contributed by atoms with van der Waals surface area (Å²) in [6.45, 7) is 0. The van der Waals surface area contributed by atoms with Gasteiger partial charge < -0.3 is 5.32 Å². The smallest absolute Gasteiger partial charge is 0.284 e. The van der Waals surface area contributed by atoms with Crippen molar-refractivity contribution in [2.24, 2.45) is 0 Å². The summed E-state index contributed by atoms with van der Waals surface area (Å²) in [6, 6.07) is 9.40. The highest BCUT2D eigenvalue weighted by Gasteiger charge is 2.22. The second-order valence-electron chi connectivity index (χ2n) is 5.20. The van der Waals surface area contributed by atoms with E-state index in [1.807, 2.05) is 0 Å². The molecule has 2 N–H and O–H groups in total. The zero-order valence-corrected chi connectivity index (χ0v) is 16.6. The second-order valence-corrected chi connectivity index (χ2v) is 9.36. The predicted molar refractivity (Wildman–Crippen MR) is 103 cm³/mol. The molecule has 146 valence electrons. The minimum Gasteiger partial charge on any atom is -0.330 e. The van der Waals surface area contributed by atoms with Crippen LogP contribution < -0.4 is 10.0 Å². The SMILES string of the molecule is CNS(=O)(=O)c1ccc(Sc2nnc(Nc3cccc(F)c3)s2)c([N+](=O)[O-])c1. The number of aromatic nitrogens is 2. The number of hydrogen-bond acceptors (Lipinski definition) is 9. The maximum Gasteiger partial charge on any atom is 0.284 e. The molecule has 9 nitrogen and oxygen atoms in total. The van der Waals surface area contributed by atoms with Gasteiger partial charge in [-0.2, -0.15) is 0 Å². The van der Waals surface area contributed by atoms with Crippen LogP contribution in [0.5, 0.6) is 0 Å². The average molecular weight is 441 g/mol. The zero-order chi connectivity index (χ0) is 20.3. The number of nitro benzene ring substituents is 1. The van der Waals surface area contributed by atoms with Crippen LogP contribution in [0.4, 0.5) is 20.9 Å². The molecular weight excluding hydrogens is 429 g/mol. The number of halogens is 1. The Balaban J connectivity index is 1.84. The number of hydrogen-bond donors (Lipinski definition) is 2. The molecule has 0 saturated carbocycles. The maximum absolute atomic E-state index is 13.2. The number of nitro groups is 1. The Labute approximate surface area is 167 Å². The van der Waals surface area contributed by atoms with E-state index in [1.165, 1.54) is 31.3 Å². The van der Waals surface area contributed by atoms with Gasteiger partial charge >= 0.3 is 0 Å². The van der Waals surface area contributed by atoms with Crippen LogP contribution in [0.25, 0.3) is 0 Å². The number of nitrogens with one attached hydrogen (secondary N) is 2. The molecule has 3 aromatic rings. The Morgan fingerprint density at radius 2 is 2.00 bits per heavy atom. The Kier molecular flexibility index (Phi) is 5.88. The van der Waals surface area contributed by atoms with Crippen LogP contribution in [0.2, 0.25) is 0 Å². The van der Waals surface area contributed by atoms with E-state index < -0.39 is 20.8 Å². The lowest BCUT2D eigenvalue weighted by Gasteiger charge is -2.05. The van der Waals surface area contributed by atoms with Gasteiger partial charge in [0.1, 0.15) is 5.82 Å². The van der Waals surface area contributed by atoms with Crippen molar-refractivity contribution in [2.75, 3.05) is 12.4 Å². The minimum atomic E-state index is -3.81. The van der Waals surface area contributed by atoms with Gasteiger partial charge in [0.05, 0.1) is 14.7 Å². The first-order chi connectivity index (χ1) is 13.3. The fourth-order valence-corrected chi connectivity index (χ4v) is 4.66. The molecule has 1 aromatic heterocycles. The van der Waals surface area contributed by atoms with Gasteiger partial charge in [-0.25, -0.2) is 17.5 Å². The second kappa shape index (κ2) is 8.18. The van der Waals surface area contributed by atoms with Crippen LogP contribution in [-0.4, -0.2) is 30.6 Å². The van der Waals surface area contributed by atoms with Crippen LogP contribution in [0.15, 0.2) is 56.6 Å². The highest BCUT2D eigenvalue weighted by Crippen LogP contribution is 2.38.